The third-order valence-electron chi connectivity index (χ3n) is 5.22. The highest BCUT2D eigenvalue weighted by atomic mass is 16.1. The summed E-state index contributed by atoms with van der Waals surface area (Å²) < 4.78 is 0. The van der Waals surface area contributed by atoms with Gasteiger partial charge in [0.2, 0.25) is 5.91 Å². The van der Waals surface area contributed by atoms with Gasteiger partial charge in [-0.05, 0) is 50.4 Å². The SMILES string of the molecule is CN(CCCNC(=O)CC1(CN)CCCCC1)Cc1ccccc1. The van der Waals surface area contributed by atoms with Crippen molar-refractivity contribution in [1.82, 2.24) is 10.2 Å². The van der Waals surface area contributed by atoms with E-state index in [4.69, 9.17) is 5.73 Å². The van der Waals surface area contributed by atoms with E-state index in [2.05, 4.69) is 41.5 Å². The summed E-state index contributed by atoms with van der Waals surface area (Å²) in [4.78, 5) is 14.5. The summed E-state index contributed by atoms with van der Waals surface area (Å²) in [7, 11) is 2.13. The summed E-state index contributed by atoms with van der Waals surface area (Å²) in [6.07, 6.45) is 7.52. The molecule has 1 fully saturated rings. The number of carbonyl (C=O) groups is 1. The van der Waals surface area contributed by atoms with Crippen LogP contribution in [0.3, 0.4) is 0 Å². The van der Waals surface area contributed by atoms with Crippen LogP contribution in [0.15, 0.2) is 30.3 Å². The molecule has 0 aliphatic heterocycles. The van der Waals surface area contributed by atoms with Crippen LogP contribution < -0.4 is 11.1 Å². The molecule has 0 aromatic heterocycles. The van der Waals surface area contributed by atoms with E-state index in [-0.39, 0.29) is 11.3 Å². The number of benzene rings is 1. The van der Waals surface area contributed by atoms with Crippen LogP contribution in [-0.4, -0.2) is 37.5 Å². The van der Waals surface area contributed by atoms with E-state index >= 15 is 0 Å². The molecule has 1 aromatic carbocycles. The number of amides is 1. The Balaban J connectivity index is 1.62. The second-order valence-electron chi connectivity index (χ2n) is 7.37. The van der Waals surface area contributed by atoms with Crippen molar-refractivity contribution in [3.05, 3.63) is 35.9 Å². The molecule has 0 unspecified atom stereocenters. The third-order valence-corrected chi connectivity index (χ3v) is 5.22. The minimum absolute atomic E-state index is 0.0619. The maximum Gasteiger partial charge on any atom is 0.220 e. The molecule has 0 atom stereocenters. The maximum atomic E-state index is 12.2. The molecule has 0 saturated heterocycles. The number of hydrogen-bond donors (Lipinski definition) is 2. The number of nitrogens with two attached hydrogens (primary N) is 1. The highest BCUT2D eigenvalue weighted by Gasteiger charge is 2.32. The molecule has 1 saturated carbocycles. The van der Waals surface area contributed by atoms with Crippen molar-refractivity contribution in [1.29, 1.82) is 0 Å². The fourth-order valence-electron chi connectivity index (χ4n) is 3.71. The first-order chi connectivity index (χ1) is 11.6. The van der Waals surface area contributed by atoms with Gasteiger partial charge in [0.15, 0.2) is 0 Å². The molecule has 1 amide bonds. The molecule has 0 bridgehead atoms. The van der Waals surface area contributed by atoms with Gasteiger partial charge in [0, 0.05) is 19.5 Å². The summed E-state index contributed by atoms with van der Waals surface area (Å²) in [5, 5.41) is 3.09. The van der Waals surface area contributed by atoms with Gasteiger partial charge in [0.1, 0.15) is 0 Å². The lowest BCUT2D eigenvalue weighted by Gasteiger charge is -2.35. The first kappa shape index (κ1) is 18.9. The molecule has 1 aliphatic carbocycles. The fraction of sp³-hybridized carbons (Fsp3) is 0.650. The van der Waals surface area contributed by atoms with Gasteiger partial charge in [-0.15, -0.1) is 0 Å². The molecule has 4 heteroatoms. The minimum Gasteiger partial charge on any atom is -0.356 e. The molecule has 24 heavy (non-hydrogen) atoms. The van der Waals surface area contributed by atoms with Crippen LogP contribution in [-0.2, 0) is 11.3 Å². The lowest BCUT2D eigenvalue weighted by molar-refractivity contribution is -0.123. The van der Waals surface area contributed by atoms with Crippen molar-refractivity contribution in [2.45, 2.75) is 51.5 Å². The molecule has 1 aliphatic rings. The van der Waals surface area contributed by atoms with Crippen molar-refractivity contribution >= 4 is 5.91 Å². The summed E-state index contributed by atoms with van der Waals surface area (Å²) >= 11 is 0. The Hall–Kier alpha value is -1.39. The Bertz CT molecular complexity index is 483. The Morgan fingerprint density at radius 3 is 2.58 bits per heavy atom. The van der Waals surface area contributed by atoms with Crippen molar-refractivity contribution in [2.24, 2.45) is 11.1 Å². The summed E-state index contributed by atoms with van der Waals surface area (Å²) in [5.74, 6) is 0.174. The van der Waals surface area contributed by atoms with Gasteiger partial charge < -0.3 is 16.0 Å². The predicted molar refractivity (Wildman–Crippen MR) is 99.6 cm³/mol. The molecule has 0 radical (unpaired) electrons. The Labute approximate surface area is 146 Å². The average molecular weight is 332 g/mol. The molecule has 0 spiro atoms. The van der Waals surface area contributed by atoms with Gasteiger partial charge in [0.25, 0.3) is 0 Å². The predicted octanol–water partition coefficient (Wildman–Crippen LogP) is 2.92. The van der Waals surface area contributed by atoms with E-state index in [0.29, 0.717) is 13.0 Å². The molecule has 4 nitrogen and oxygen atoms in total. The number of nitrogens with one attached hydrogen (secondary N) is 1. The van der Waals surface area contributed by atoms with Crippen molar-refractivity contribution in [3.8, 4) is 0 Å². The molecular formula is C20H33N3O. The Morgan fingerprint density at radius 2 is 1.92 bits per heavy atom. The van der Waals surface area contributed by atoms with Crippen LogP contribution in [0.2, 0.25) is 0 Å². The highest BCUT2D eigenvalue weighted by Crippen LogP contribution is 2.38. The van der Waals surface area contributed by atoms with Crippen molar-refractivity contribution in [2.75, 3.05) is 26.7 Å². The van der Waals surface area contributed by atoms with Gasteiger partial charge in [-0.2, -0.15) is 0 Å². The number of hydrogen-bond acceptors (Lipinski definition) is 3. The molecule has 0 heterocycles. The standard InChI is InChI=1S/C20H33N3O/c1-23(16-18-9-4-2-5-10-18)14-8-13-22-19(24)15-20(17-21)11-6-3-7-12-20/h2,4-5,9-10H,3,6-8,11-17,21H2,1H3,(H,22,24). The van der Waals surface area contributed by atoms with Crippen molar-refractivity contribution < 1.29 is 4.79 Å². The fourth-order valence-corrected chi connectivity index (χ4v) is 3.71. The quantitative estimate of drug-likeness (QED) is 0.684. The monoisotopic (exact) mass is 331 g/mol. The van der Waals surface area contributed by atoms with E-state index in [1.807, 2.05) is 6.07 Å². The average Bonchev–Trinajstić information content (AvgIpc) is 2.60. The van der Waals surface area contributed by atoms with Crippen LogP contribution in [0.25, 0.3) is 0 Å². The smallest absolute Gasteiger partial charge is 0.220 e. The number of rotatable bonds is 9. The molecule has 3 N–H and O–H groups in total. The van der Waals surface area contributed by atoms with Gasteiger partial charge in [-0.1, -0.05) is 49.6 Å². The Kier molecular flexibility index (Phi) is 7.73. The van der Waals surface area contributed by atoms with E-state index < -0.39 is 0 Å². The molecule has 134 valence electrons. The molecule has 1 aromatic rings. The van der Waals surface area contributed by atoms with Gasteiger partial charge in [0.05, 0.1) is 0 Å². The van der Waals surface area contributed by atoms with Gasteiger partial charge in [-0.3, -0.25) is 4.79 Å². The van der Waals surface area contributed by atoms with Gasteiger partial charge >= 0.3 is 0 Å². The summed E-state index contributed by atoms with van der Waals surface area (Å²) in [6, 6.07) is 10.5. The lowest BCUT2D eigenvalue weighted by atomic mass is 9.71. The zero-order valence-corrected chi connectivity index (χ0v) is 15.1. The largest absolute Gasteiger partial charge is 0.356 e. The number of nitrogens with zero attached hydrogens (tertiary/aromatic N) is 1. The van der Waals surface area contributed by atoms with E-state index in [1.165, 1.54) is 24.8 Å². The zero-order chi connectivity index (χ0) is 17.3. The second kappa shape index (κ2) is 9.80. The Morgan fingerprint density at radius 1 is 1.21 bits per heavy atom. The lowest BCUT2D eigenvalue weighted by Crippen LogP contribution is -2.39. The summed E-state index contributed by atoms with van der Waals surface area (Å²) in [5.41, 5.74) is 7.35. The highest BCUT2D eigenvalue weighted by molar-refractivity contribution is 5.76. The van der Waals surface area contributed by atoms with Gasteiger partial charge in [-0.25, -0.2) is 0 Å². The van der Waals surface area contributed by atoms with Crippen LogP contribution in [0, 0.1) is 5.41 Å². The maximum absolute atomic E-state index is 12.2. The van der Waals surface area contributed by atoms with Crippen LogP contribution in [0.1, 0.15) is 50.5 Å². The minimum atomic E-state index is 0.0619. The third kappa shape index (κ3) is 6.25. The normalized spacial score (nSPS) is 17.0. The molecular weight excluding hydrogens is 298 g/mol. The van der Waals surface area contributed by atoms with Crippen LogP contribution in [0.4, 0.5) is 0 Å². The number of carbonyl (C=O) groups excluding carboxylic acids is 1. The second-order valence-corrected chi connectivity index (χ2v) is 7.37. The first-order valence-corrected chi connectivity index (χ1v) is 9.33. The van der Waals surface area contributed by atoms with Crippen LogP contribution in [0.5, 0.6) is 0 Å². The van der Waals surface area contributed by atoms with E-state index in [1.54, 1.807) is 0 Å². The van der Waals surface area contributed by atoms with Crippen molar-refractivity contribution in [3.63, 3.8) is 0 Å². The topological polar surface area (TPSA) is 58.4 Å². The molecule has 2 rings (SSSR count). The first-order valence-electron chi connectivity index (χ1n) is 9.33. The zero-order valence-electron chi connectivity index (χ0n) is 15.1. The summed E-state index contributed by atoms with van der Waals surface area (Å²) in [6.45, 7) is 3.32. The van der Waals surface area contributed by atoms with E-state index in [0.717, 1.165) is 38.9 Å². The van der Waals surface area contributed by atoms with Crippen LogP contribution >= 0.6 is 0 Å². The van der Waals surface area contributed by atoms with E-state index in [9.17, 15) is 4.79 Å².